The van der Waals surface area contributed by atoms with Crippen LogP contribution in [0.1, 0.15) is 26.7 Å². The van der Waals surface area contributed by atoms with E-state index in [9.17, 15) is 0 Å². The summed E-state index contributed by atoms with van der Waals surface area (Å²) in [5, 5.41) is 3.29. The van der Waals surface area contributed by atoms with Gasteiger partial charge in [-0.25, -0.2) is 0 Å². The molecule has 1 fully saturated rings. The molecule has 0 radical (unpaired) electrons. The van der Waals surface area contributed by atoms with Crippen molar-refractivity contribution >= 4 is 0 Å². The molecule has 0 amide bonds. The zero-order valence-corrected chi connectivity index (χ0v) is 10.6. The lowest BCUT2D eigenvalue weighted by Gasteiger charge is -2.46. The molecule has 15 heavy (non-hydrogen) atoms. The fourth-order valence-electron chi connectivity index (χ4n) is 2.49. The lowest BCUT2D eigenvalue weighted by Crippen LogP contribution is -2.53. The summed E-state index contributed by atoms with van der Waals surface area (Å²) in [7, 11) is 3.83. The summed E-state index contributed by atoms with van der Waals surface area (Å²) in [6, 6.07) is 1.40. The Morgan fingerprint density at radius 1 is 1.40 bits per heavy atom. The molecular formula is C12H26N2O. The van der Waals surface area contributed by atoms with Crippen molar-refractivity contribution in [3.8, 4) is 0 Å². The molecule has 1 rings (SSSR count). The van der Waals surface area contributed by atoms with Crippen LogP contribution in [0.4, 0.5) is 0 Å². The minimum absolute atomic E-state index is 0.629. The van der Waals surface area contributed by atoms with E-state index in [-0.39, 0.29) is 0 Å². The molecule has 2 unspecified atom stereocenters. The molecule has 1 aliphatic carbocycles. The molecular weight excluding hydrogens is 188 g/mol. The van der Waals surface area contributed by atoms with Crippen LogP contribution in [-0.4, -0.2) is 50.8 Å². The Bertz CT molecular complexity index is 173. The second-order valence-electron chi connectivity index (χ2n) is 4.79. The van der Waals surface area contributed by atoms with E-state index >= 15 is 0 Å². The van der Waals surface area contributed by atoms with Gasteiger partial charge in [0.15, 0.2) is 0 Å². The molecule has 0 bridgehead atoms. The molecule has 0 aromatic heterocycles. The highest BCUT2D eigenvalue weighted by atomic mass is 16.5. The first-order valence-electron chi connectivity index (χ1n) is 6.10. The fourth-order valence-corrected chi connectivity index (χ4v) is 2.49. The maximum Gasteiger partial charge on any atom is 0.0589 e. The molecule has 0 spiro atoms. The van der Waals surface area contributed by atoms with Crippen molar-refractivity contribution in [2.45, 2.75) is 38.8 Å². The quantitative estimate of drug-likeness (QED) is 0.692. The van der Waals surface area contributed by atoms with Crippen LogP contribution in [-0.2, 0) is 4.74 Å². The minimum atomic E-state index is 0.629. The molecule has 3 nitrogen and oxygen atoms in total. The minimum Gasteiger partial charge on any atom is -0.383 e. The van der Waals surface area contributed by atoms with Crippen molar-refractivity contribution in [3.05, 3.63) is 0 Å². The maximum atomic E-state index is 5.18. The van der Waals surface area contributed by atoms with Gasteiger partial charge in [-0.1, -0.05) is 0 Å². The van der Waals surface area contributed by atoms with Crippen LogP contribution in [0.25, 0.3) is 0 Å². The summed E-state index contributed by atoms with van der Waals surface area (Å²) in [4.78, 5) is 2.59. The number of nitrogens with one attached hydrogen (secondary N) is 1. The van der Waals surface area contributed by atoms with E-state index in [1.165, 1.54) is 12.8 Å². The van der Waals surface area contributed by atoms with Crippen LogP contribution in [0, 0.1) is 5.92 Å². The second kappa shape index (κ2) is 6.46. The van der Waals surface area contributed by atoms with Gasteiger partial charge in [0.25, 0.3) is 0 Å². The normalized spacial score (nSPS) is 26.0. The van der Waals surface area contributed by atoms with E-state index in [1.54, 1.807) is 7.11 Å². The summed E-state index contributed by atoms with van der Waals surface area (Å²) in [5.41, 5.74) is 0. The van der Waals surface area contributed by atoms with Gasteiger partial charge in [0.1, 0.15) is 0 Å². The Kier molecular flexibility index (Phi) is 5.58. The Morgan fingerprint density at radius 3 is 2.53 bits per heavy atom. The summed E-state index contributed by atoms with van der Waals surface area (Å²) >= 11 is 0. The standard InChI is InChI=1S/C12H26N2O/c1-10(2)14(7-8-15-4)12-6-5-11(12)9-13-3/h10-13H,5-9H2,1-4H3. The lowest BCUT2D eigenvalue weighted by atomic mass is 9.78. The molecule has 90 valence electrons. The van der Waals surface area contributed by atoms with Crippen LogP contribution < -0.4 is 5.32 Å². The van der Waals surface area contributed by atoms with Crippen LogP contribution >= 0.6 is 0 Å². The highest BCUT2D eigenvalue weighted by Gasteiger charge is 2.35. The third-order valence-electron chi connectivity index (χ3n) is 3.49. The topological polar surface area (TPSA) is 24.5 Å². The highest BCUT2D eigenvalue weighted by molar-refractivity contribution is 4.91. The Morgan fingerprint density at radius 2 is 2.13 bits per heavy atom. The zero-order valence-electron chi connectivity index (χ0n) is 10.6. The fraction of sp³-hybridized carbons (Fsp3) is 1.00. The van der Waals surface area contributed by atoms with Crippen LogP contribution in [0.3, 0.4) is 0 Å². The van der Waals surface area contributed by atoms with Gasteiger partial charge in [-0.3, -0.25) is 4.90 Å². The monoisotopic (exact) mass is 214 g/mol. The first-order valence-corrected chi connectivity index (χ1v) is 6.10. The van der Waals surface area contributed by atoms with Gasteiger partial charge in [-0.05, 0) is 46.2 Å². The highest BCUT2D eigenvalue weighted by Crippen LogP contribution is 2.32. The van der Waals surface area contributed by atoms with Gasteiger partial charge in [-0.2, -0.15) is 0 Å². The Hall–Kier alpha value is -0.120. The van der Waals surface area contributed by atoms with Crippen molar-refractivity contribution in [2.24, 2.45) is 5.92 Å². The largest absolute Gasteiger partial charge is 0.383 e. The van der Waals surface area contributed by atoms with Crippen LogP contribution in [0.2, 0.25) is 0 Å². The Labute approximate surface area is 94.2 Å². The summed E-state index contributed by atoms with van der Waals surface area (Å²) in [6.07, 6.45) is 2.73. The summed E-state index contributed by atoms with van der Waals surface area (Å²) < 4.78 is 5.18. The van der Waals surface area contributed by atoms with Crippen molar-refractivity contribution < 1.29 is 4.74 Å². The number of methoxy groups -OCH3 is 1. The van der Waals surface area contributed by atoms with Gasteiger partial charge in [0.05, 0.1) is 6.61 Å². The van der Waals surface area contributed by atoms with E-state index in [0.29, 0.717) is 6.04 Å². The van der Waals surface area contributed by atoms with Crippen molar-refractivity contribution in [2.75, 3.05) is 33.9 Å². The lowest BCUT2D eigenvalue weighted by molar-refractivity contribution is 0.0195. The van der Waals surface area contributed by atoms with Gasteiger partial charge >= 0.3 is 0 Å². The van der Waals surface area contributed by atoms with Crippen LogP contribution in [0.15, 0.2) is 0 Å². The average molecular weight is 214 g/mol. The first kappa shape index (κ1) is 12.9. The van der Waals surface area contributed by atoms with Crippen molar-refractivity contribution in [1.82, 2.24) is 10.2 Å². The van der Waals surface area contributed by atoms with E-state index in [2.05, 4.69) is 24.1 Å². The number of rotatable bonds is 7. The first-order chi connectivity index (χ1) is 7.20. The van der Waals surface area contributed by atoms with Gasteiger partial charge < -0.3 is 10.1 Å². The molecule has 1 saturated carbocycles. The molecule has 0 aromatic carbocycles. The van der Waals surface area contributed by atoms with Gasteiger partial charge in [0.2, 0.25) is 0 Å². The Balaban J connectivity index is 2.41. The smallest absolute Gasteiger partial charge is 0.0589 e. The molecule has 0 saturated heterocycles. The number of nitrogens with zero attached hydrogens (tertiary/aromatic N) is 1. The average Bonchev–Trinajstić information content (AvgIpc) is 2.18. The predicted octanol–water partition coefficient (Wildman–Crippen LogP) is 1.34. The predicted molar refractivity (Wildman–Crippen MR) is 64.2 cm³/mol. The summed E-state index contributed by atoms with van der Waals surface area (Å²) in [5.74, 6) is 0.842. The van der Waals surface area contributed by atoms with E-state index in [1.807, 2.05) is 7.05 Å². The maximum absolute atomic E-state index is 5.18. The van der Waals surface area contributed by atoms with Crippen molar-refractivity contribution in [1.29, 1.82) is 0 Å². The number of ether oxygens (including phenoxy) is 1. The van der Waals surface area contributed by atoms with Crippen molar-refractivity contribution in [3.63, 3.8) is 0 Å². The van der Waals surface area contributed by atoms with Crippen LogP contribution in [0.5, 0.6) is 0 Å². The molecule has 0 heterocycles. The van der Waals surface area contributed by atoms with E-state index in [0.717, 1.165) is 31.7 Å². The molecule has 1 aliphatic rings. The van der Waals surface area contributed by atoms with E-state index in [4.69, 9.17) is 4.74 Å². The zero-order chi connectivity index (χ0) is 11.3. The third-order valence-corrected chi connectivity index (χ3v) is 3.49. The molecule has 2 atom stereocenters. The number of hydrogen-bond acceptors (Lipinski definition) is 3. The SMILES string of the molecule is CNCC1CCC1N(CCOC)C(C)C. The number of hydrogen-bond donors (Lipinski definition) is 1. The molecule has 3 heteroatoms. The summed E-state index contributed by atoms with van der Waals surface area (Å²) in [6.45, 7) is 7.63. The molecule has 0 aromatic rings. The van der Waals surface area contributed by atoms with Gasteiger partial charge in [-0.15, -0.1) is 0 Å². The second-order valence-corrected chi connectivity index (χ2v) is 4.79. The molecule has 0 aliphatic heterocycles. The third kappa shape index (κ3) is 3.44. The van der Waals surface area contributed by atoms with E-state index < -0.39 is 0 Å². The van der Waals surface area contributed by atoms with Gasteiger partial charge in [0, 0.05) is 25.7 Å². The molecule has 1 N–H and O–H groups in total.